The molecule has 1 aliphatic carbocycles. The Morgan fingerprint density at radius 1 is 1.19 bits per heavy atom. The first kappa shape index (κ1) is 11.0. The normalized spacial score (nSPS) is 24.3. The van der Waals surface area contributed by atoms with Gasteiger partial charge in [0.25, 0.3) is 0 Å². The molecule has 0 amide bonds. The van der Waals surface area contributed by atoms with Crippen molar-refractivity contribution in [3.05, 3.63) is 53.1 Å². The predicted octanol–water partition coefficient (Wildman–Crippen LogP) is 2.66. The van der Waals surface area contributed by atoms with Gasteiger partial charge in [-0.25, -0.2) is 0 Å². The van der Waals surface area contributed by atoms with Crippen LogP contribution in [0, 0.1) is 6.92 Å². The van der Waals surface area contributed by atoms with Crippen molar-refractivity contribution in [2.24, 2.45) is 0 Å². The summed E-state index contributed by atoms with van der Waals surface area (Å²) in [5.41, 5.74) is 2.90. The minimum absolute atomic E-state index is 0.133. The zero-order valence-corrected chi connectivity index (χ0v) is 9.51. The number of aliphatic hydroxyl groups is 1. The highest BCUT2D eigenvalue weighted by atomic mass is 16.3. The summed E-state index contributed by atoms with van der Waals surface area (Å²) in [7, 11) is 0. The van der Waals surface area contributed by atoms with E-state index in [4.69, 9.17) is 0 Å². The van der Waals surface area contributed by atoms with Crippen LogP contribution in [0.4, 0.5) is 0 Å². The summed E-state index contributed by atoms with van der Waals surface area (Å²) in [6.07, 6.45) is 5.02. The lowest BCUT2D eigenvalue weighted by molar-refractivity contribution is 0.199. The van der Waals surface area contributed by atoms with Gasteiger partial charge in [-0.15, -0.1) is 0 Å². The van der Waals surface area contributed by atoms with Crippen molar-refractivity contribution >= 4 is 0 Å². The first-order valence-corrected chi connectivity index (χ1v) is 5.43. The fourth-order valence-electron chi connectivity index (χ4n) is 2.27. The molecule has 0 spiro atoms. The van der Waals surface area contributed by atoms with E-state index in [0.29, 0.717) is 0 Å². The lowest BCUT2D eigenvalue weighted by Gasteiger charge is -2.26. The number of rotatable bonds is 1. The molecule has 1 aromatic rings. The Morgan fingerprint density at radius 3 is 2.56 bits per heavy atom. The number of aryl methyl sites for hydroxylation is 1. The van der Waals surface area contributed by atoms with Gasteiger partial charge >= 0.3 is 0 Å². The highest BCUT2D eigenvalue weighted by Gasteiger charge is 2.26. The number of aromatic hydroxyl groups is 1. The largest absolute Gasteiger partial charge is 0.508 e. The highest BCUT2D eigenvalue weighted by Crippen LogP contribution is 2.37. The molecule has 1 aromatic carbocycles. The first-order chi connectivity index (χ1) is 7.61. The molecule has 1 aliphatic rings. The lowest BCUT2D eigenvalue weighted by Crippen LogP contribution is -2.20. The minimum atomic E-state index is -0.558. The van der Waals surface area contributed by atoms with Crippen LogP contribution in [0.5, 0.6) is 5.75 Å². The second-order valence-corrected chi connectivity index (χ2v) is 4.27. The number of benzene rings is 1. The third kappa shape index (κ3) is 1.76. The van der Waals surface area contributed by atoms with E-state index in [-0.39, 0.29) is 11.7 Å². The molecule has 0 heterocycles. The van der Waals surface area contributed by atoms with E-state index < -0.39 is 6.10 Å². The van der Waals surface area contributed by atoms with Crippen LogP contribution in [0.3, 0.4) is 0 Å². The van der Waals surface area contributed by atoms with Gasteiger partial charge in [-0.05, 0) is 25.5 Å². The monoisotopic (exact) mass is 216 g/mol. The zero-order valence-electron chi connectivity index (χ0n) is 9.51. The number of phenols is 1. The van der Waals surface area contributed by atoms with Crippen molar-refractivity contribution in [2.45, 2.75) is 25.9 Å². The van der Waals surface area contributed by atoms with Gasteiger partial charge in [0.15, 0.2) is 0 Å². The topological polar surface area (TPSA) is 40.5 Å². The maximum absolute atomic E-state index is 10.0. The molecule has 2 nitrogen and oxygen atoms in total. The third-order valence-electron chi connectivity index (χ3n) is 3.11. The summed E-state index contributed by atoms with van der Waals surface area (Å²) in [5, 5.41) is 19.9. The molecule has 0 bridgehead atoms. The van der Waals surface area contributed by atoms with Crippen molar-refractivity contribution < 1.29 is 10.2 Å². The van der Waals surface area contributed by atoms with Gasteiger partial charge in [0.05, 0.1) is 6.10 Å². The summed E-state index contributed by atoms with van der Waals surface area (Å²) >= 11 is 0. The van der Waals surface area contributed by atoms with Crippen molar-refractivity contribution in [3.8, 4) is 5.75 Å². The van der Waals surface area contributed by atoms with Gasteiger partial charge < -0.3 is 10.2 Å². The fourth-order valence-corrected chi connectivity index (χ4v) is 2.27. The molecular weight excluding hydrogens is 200 g/mol. The van der Waals surface area contributed by atoms with Crippen LogP contribution in [-0.4, -0.2) is 16.3 Å². The van der Waals surface area contributed by atoms with Gasteiger partial charge in [-0.2, -0.15) is 0 Å². The van der Waals surface area contributed by atoms with Gasteiger partial charge in [0.2, 0.25) is 0 Å². The Morgan fingerprint density at radius 2 is 1.94 bits per heavy atom. The summed E-state index contributed by atoms with van der Waals surface area (Å²) in [6.45, 7) is 3.93. The van der Waals surface area contributed by atoms with Gasteiger partial charge in [-0.3, -0.25) is 0 Å². The molecule has 84 valence electrons. The Kier molecular flexibility index (Phi) is 2.84. The smallest absolute Gasteiger partial charge is 0.119 e. The van der Waals surface area contributed by atoms with Crippen molar-refractivity contribution in [2.75, 3.05) is 0 Å². The molecule has 2 heteroatoms. The molecule has 0 aliphatic heterocycles. The van der Waals surface area contributed by atoms with Crippen LogP contribution in [0.1, 0.15) is 24.0 Å². The molecule has 16 heavy (non-hydrogen) atoms. The number of phenolic OH excluding ortho intramolecular Hbond substituents is 1. The predicted molar refractivity (Wildman–Crippen MR) is 64.5 cm³/mol. The van der Waals surface area contributed by atoms with Crippen molar-refractivity contribution in [1.29, 1.82) is 0 Å². The van der Waals surface area contributed by atoms with E-state index in [1.54, 1.807) is 12.1 Å². The Labute approximate surface area is 95.6 Å². The van der Waals surface area contributed by atoms with Gasteiger partial charge in [0, 0.05) is 11.5 Å². The molecule has 2 rings (SSSR count). The third-order valence-corrected chi connectivity index (χ3v) is 3.11. The molecule has 0 saturated heterocycles. The standard InChI is InChI=1S/C14H16O2/c1-9-5-3-7-11(15)13(9)14-10(2)6-4-8-12(14)16/h3-8,11,13,15-16H,1-2H3. The number of hydrogen-bond acceptors (Lipinski definition) is 2. The summed E-state index contributed by atoms with van der Waals surface area (Å²) in [6, 6.07) is 5.44. The van der Waals surface area contributed by atoms with E-state index in [1.165, 1.54) is 0 Å². The van der Waals surface area contributed by atoms with Crippen molar-refractivity contribution in [1.82, 2.24) is 0 Å². The maximum atomic E-state index is 10.0. The van der Waals surface area contributed by atoms with Crippen LogP contribution in [0.2, 0.25) is 0 Å². The Hall–Kier alpha value is -1.54. The van der Waals surface area contributed by atoms with Crippen LogP contribution < -0.4 is 0 Å². The van der Waals surface area contributed by atoms with Gasteiger partial charge in [-0.1, -0.05) is 35.9 Å². The van der Waals surface area contributed by atoms with Gasteiger partial charge in [0.1, 0.15) is 5.75 Å². The Bertz CT molecular complexity index is 438. The van der Waals surface area contributed by atoms with E-state index >= 15 is 0 Å². The van der Waals surface area contributed by atoms with E-state index in [9.17, 15) is 10.2 Å². The molecule has 2 unspecified atom stereocenters. The zero-order chi connectivity index (χ0) is 11.7. The van der Waals surface area contributed by atoms with E-state index in [2.05, 4.69) is 0 Å². The first-order valence-electron chi connectivity index (χ1n) is 5.43. The van der Waals surface area contributed by atoms with E-state index in [0.717, 1.165) is 16.7 Å². The minimum Gasteiger partial charge on any atom is -0.508 e. The molecule has 0 radical (unpaired) electrons. The number of allylic oxidation sites excluding steroid dienone is 2. The summed E-state index contributed by atoms with van der Waals surface area (Å²) < 4.78 is 0. The number of hydrogen-bond donors (Lipinski definition) is 2. The average molecular weight is 216 g/mol. The van der Waals surface area contributed by atoms with Crippen molar-refractivity contribution in [3.63, 3.8) is 0 Å². The number of aliphatic hydroxyl groups excluding tert-OH is 1. The molecule has 0 saturated carbocycles. The van der Waals surface area contributed by atoms with Crippen LogP contribution in [-0.2, 0) is 0 Å². The fraction of sp³-hybridized carbons (Fsp3) is 0.286. The second kappa shape index (κ2) is 4.14. The second-order valence-electron chi connectivity index (χ2n) is 4.27. The summed E-state index contributed by atoms with van der Waals surface area (Å²) in [5.74, 6) is 0.123. The van der Waals surface area contributed by atoms with Crippen LogP contribution >= 0.6 is 0 Å². The molecule has 0 fully saturated rings. The molecular formula is C14H16O2. The highest BCUT2D eigenvalue weighted by molar-refractivity contribution is 5.47. The van der Waals surface area contributed by atoms with Crippen LogP contribution in [0.25, 0.3) is 0 Å². The van der Waals surface area contributed by atoms with Crippen LogP contribution in [0.15, 0.2) is 42.0 Å². The maximum Gasteiger partial charge on any atom is 0.119 e. The summed E-state index contributed by atoms with van der Waals surface area (Å²) in [4.78, 5) is 0. The average Bonchev–Trinajstić information content (AvgIpc) is 2.21. The SMILES string of the molecule is CC1=CC=CC(O)C1c1c(C)cccc1O. The van der Waals surface area contributed by atoms with E-state index in [1.807, 2.05) is 38.1 Å². The lowest BCUT2D eigenvalue weighted by atomic mass is 9.81. The Balaban J connectivity index is 2.52. The molecule has 2 atom stereocenters. The quantitative estimate of drug-likeness (QED) is 0.757. The molecule has 2 N–H and O–H groups in total. The molecule has 0 aromatic heterocycles.